The molecule has 0 aliphatic carbocycles. The van der Waals surface area contributed by atoms with Crippen molar-refractivity contribution in [2.75, 3.05) is 6.54 Å². The fourth-order valence-electron chi connectivity index (χ4n) is 3.13. The Bertz CT molecular complexity index is 803. The second kappa shape index (κ2) is 5.16. The SMILES string of the molecule is O=c1oc2ccccc2n1CN1CCCC1c1cccs1. The molecule has 1 aromatic carbocycles. The first kappa shape index (κ1) is 12.9. The summed E-state index contributed by atoms with van der Waals surface area (Å²) in [6.45, 7) is 1.62. The minimum Gasteiger partial charge on any atom is -0.408 e. The molecule has 4 rings (SSSR count). The average molecular weight is 300 g/mol. The topological polar surface area (TPSA) is 38.4 Å². The molecule has 3 aromatic rings. The van der Waals surface area contributed by atoms with Crippen molar-refractivity contribution in [2.45, 2.75) is 25.6 Å². The predicted octanol–water partition coefficient (Wildman–Crippen LogP) is 3.45. The lowest BCUT2D eigenvalue weighted by Gasteiger charge is -2.23. The fourth-order valence-corrected chi connectivity index (χ4v) is 4.02. The molecule has 0 amide bonds. The normalized spacial score (nSPS) is 19.5. The zero-order valence-corrected chi connectivity index (χ0v) is 12.4. The Balaban J connectivity index is 1.68. The van der Waals surface area contributed by atoms with Crippen molar-refractivity contribution in [1.82, 2.24) is 9.47 Å². The van der Waals surface area contributed by atoms with Crippen molar-refractivity contribution in [1.29, 1.82) is 0 Å². The Labute approximate surface area is 126 Å². The number of nitrogens with zero attached hydrogens (tertiary/aromatic N) is 2. The van der Waals surface area contributed by atoms with Crippen molar-refractivity contribution in [3.63, 3.8) is 0 Å². The van der Waals surface area contributed by atoms with E-state index in [0.29, 0.717) is 18.3 Å². The third-order valence-corrected chi connectivity index (χ3v) is 5.11. The number of fused-ring (bicyclic) bond motifs is 1. The van der Waals surface area contributed by atoms with Gasteiger partial charge in [0.05, 0.1) is 12.2 Å². The van der Waals surface area contributed by atoms with Gasteiger partial charge >= 0.3 is 5.76 Å². The van der Waals surface area contributed by atoms with E-state index in [4.69, 9.17) is 4.42 Å². The summed E-state index contributed by atoms with van der Waals surface area (Å²) in [5, 5.41) is 2.12. The van der Waals surface area contributed by atoms with Crippen molar-refractivity contribution in [3.8, 4) is 0 Å². The summed E-state index contributed by atoms with van der Waals surface area (Å²) >= 11 is 1.79. The summed E-state index contributed by atoms with van der Waals surface area (Å²) in [5.41, 5.74) is 1.54. The number of hydrogen-bond donors (Lipinski definition) is 0. The highest BCUT2D eigenvalue weighted by Gasteiger charge is 2.27. The summed E-state index contributed by atoms with van der Waals surface area (Å²) in [6.07, 6.45) is 2.33. The number of benzene rings is 1. The zero-order chi connectivity index (χ0) is 14.2. The van der Waals surface area contributed by atoms with Crippen molar-refractivity contribution < 1.29 is 4.42 Å². The van der Waals surface area contributed by atoms with Crippen LogP contribution in [0.2, 0.25) is 0 Å². The molecule has 0 bridgehead atoms. The van der Waals surface area contributed by atoms with Gasteiger partial charge < -0.3 is 4.42 Å². The number of aromatic nitrogens is 1. The van der Waals surface area contributed by atoms with Gasteiger partial charge in [0.2, 0.25) is 0 Å². The van der Waals surface area contributed by atoms with Crippen LogP contribution in [-0.2, 0) is 6.67 Å². The lowest BCUT2D eigenvalue weighted by Crippen LogP contribution is -2.30. The van der Waals surface area contributed by atoms with E-state index in [1.54, 1.807) is 15.9 Å². The summed E-state index contributed by atoms with van der Waals surface area (Å²) in [4.78, 5) is 15.8. The van der Waals surface area contributed by atoms with E-state index in [0.717, 1.165) is 18.5 Å². The largest absolute Gasteiger partial charge is 0.421 e. The lowest BCUT2D eigenvalue weighted by atomic mass is 10.2. The van der Waals surface area contributed by atoms with Gasteiger partial charge in [-0.15, -0.1) is 11.3 Å². The van der Waals surface area contributed by atoms with E-state index >= 15 is 0 Å². The Morgan fingerprint density at radius 3 is 3.00 bits per heavy atom. The summed E-state index contributed by atoms with van der Waals surface area (Å²) in [6, 6.07) is 12.3. The minimum absolute atomic E-state index is 0.270. The fraction of sp³-hybridized carbons (Fsp3) is 0.312. The Kier molecular flexibility index (Phi) is 3.16. The molecule has 5 heteroatoms. The van der Waals surface area contributed by atoms with E-state index in [-0.39, 0.29) is 5.76 Å². The number of hydrogen-bond acceptors (Lipinski definition) is 4. The Morgan fingerprint density at radius 1 is 1.24 bits per heavy atom. The van der Waals surface area contributed by atoms with Crippen molar-refractivity contribution in [2.24, 2.45) is 0 Å². The molecular formula is C16H16N2O2S. The van der Waals surface area contributed by atoms with Crippen LogP contribution in [0.5, 0.6) is 0 Å². The second-order valence-electron chi connectivity index (χ2n) is 5.39. The maximum Gasteiger partial charge on any atom is 0.421 e. The van der Waals surface area contributed by atoms with Gasteiger partial charge in [-0.1, -0.05) is 18.2 Å². The van der Waals surface area contributed by atoms with Crippen LogP contribution in [0, 0.1) is 0 Å². The first-order valence-corrected chi connectivity index (χ1v) is 8.07. The Morgan fingerprint density at radius 2 is 2.14 bits per heavy atom. The number of likely N-dealkylation sites (tertiary alicyclic amines) is 1. The molecule has 1 unspecified atom stereocenters. The molecule has 108 valence electrons. The highest BCUT2D eigenvalue weighted by atomic mass is 32.1. The van der Waals surface area contributed by atoms with Crippen LogP contribution in [0.15, 0.2) is 51.0 Å². The highest BCUT2D eigenvalue weighted by molar-refractivity contribution is 7.10. The van der Waals surface area contributed by atoms with E-state index in [1.165, 1.54) is 11.3 Å². The number of rotatable bonds is 3. The van der Waals surface area contributed by atoms with E-state index < -0.39 is 0 Å². The van der Waals surface area contributed by atoms with Gasteiger partial charge in [0.1, 0.15) is 0 Å². The van der Waals surface area contributed by atoms with Crippen LogP contribution in [0.1, 0.15) is 23.8 Å². The van der Waals surface area contributed by atoms with Crippen LogP contribution >= 0.6 is 11.3 Å². The summed E-state index contributed by atoms with van der Waals surface area (Å²) < 4.78 is 7.06. The number of thiophene rings is 1. The Hall–Kier alpha value is -1.85. The van der Waals surface area contributed by atoms with Crippen molar-refractivity contribution >= 4 is 22.4 Å². The predicted molar refractivity (Wildman–Crippen MR) is 83.5 cm³/mol. The monoisotopic (exact) mass is 300 g/mol. The van der Waals surface area contributed by atoms with Crippen molar-refractivity contribution in [3.05, 3.63) is 57.2 Å². The average Bonchev–Trinajstić information content (AvgIpc) is 3.20. The molecule has 3 heterocycles. The van der Waals surface area contributed by atoms with Gasteiger partial charge in [-0.25, -0.2) is 4.79 Å². The molecule has 21 heavy (non-hydrogen) atoms. The summed E-state index contributed by atoms with van der Waals surface area (Å²) in [5.74, 6) is -0.270. The molecule has 4 nitrogen and oxygen atoms in total. The maximum absolute atomic E-state index is 12.1. The maximum atomic E-state index is 12.1. The number of oxazole rings is 1. The molecule has 1 fully saturated rings. The van der Waals surface area contributed by atoms with Crippen LogP contribution in [0.4, 0.5) is 0 Å². The van der Waals surface area contributed by atoms with Crippen LogP contribution in [0.25, 0.3) is 11.1 Å². The smallest absolute Gasteiger partial charge is 0.408 e. The minimum atomic E-state index is -0.270. The molecule has 1 saturated heterocycles. The van der Waals surface area contributed by atoms with Gasteiger partial charge in [-0.3, -0.25) is 9.47 Å². The first-order valence-electron chi connectivity index (χ1n) is 7.19. The molecule has 0 N–H and O–H groups in total. The summed E-state index contributed by atoms with van der Waals surface area (Å²) in [7, 11) is 0. The molecule has 1 aliphatic rings. The second-order valence-corrected chi connectivity index (χ2v) is 6.37. The van der Waals surface area contributed by atoms with Gasteiger partial charge in [-0.05, 0) is 36.4 Å². The lowest BCUT2D eigenvalue weighted by molar-refractivity contribution is 0.200. The molecule has 1 atom stereocenters. The molecular weight excluding hydrogens is 284 g/mol. The molecule has 2 aromatic heterocycles. The third-order valence-electron chi connectivity index (χ3n) is 4.13. The van der Waals surface area contributed by atoms with Gasteiger partial charge in [0, 0.05) is 17.5 Å². The van der Waals surface area contributed by atoms with E-state index in [1.807, 2.05) is 24.3 Å². The van der Waals surface area contributed by atoms with Gasteiger partial charge in [0.25, 0.3) is 0 Å². The van der Waals surface area contributed by atoms with E-state index in [2.05, 4.69) is 22.4 Å². The zero-order valence-electron chi connectivity index (χ0n) is 11.6. The standard InChI is InChI=1S/C16H16N2O2S/c19-16-18(12-5-1-2-7-14(12)20-16)11-17-9-3-6-13(17)15-8-4-10-21-15/h1-2,4-5,7-8,10,13H,3,6,9,11H2. The first-order chi connectivity index (χ1) is 10.3. The highest BCUT2D eigenvalue weighted by Crippen LogP contribution is 2.34. The molecule has 0 saturated carbocycles. The van der Waals surface area contributed by atoms with Gasteiger partial charge in [0.15, 0.2) is 5.58 Å². The van der Waals surface area contributed by atoms with Crippen LogP contribution < -0.4 is 5.76 Å². The van der Waals surface area contributed by atoms with Gasteiger partial charge in [-0.2, -0.15) is 0 Å². The molecule has 1 aliphatic heterocycles. The van der Waals surface area contributed by atoms with E-state index in [9.17, 15) is 4.79 Å². The molecule has 0 radical (unpaired) electrons. The quantitative estimate of drug-likeness (QED) is 0.743. The number of para-hydroxylation sites is 2. The molecule has 0 spiro atoms. The van der Waals surface area contributed by atoms with Crippen LogP contribution in [-0.4, -0.2) is 16.0 Å². The van der Waals surface area contributed by atoms with Crippen LogP contribution in [0.3, 0.4) is 0 Å². The third kappa shape index (κ3) is 2.22.